The van der Waals surface area contributed by atoms with E-state index in [2.05, 4.69) is 0 Å². The van der Waals surface area contributed by atoms with Gasteiger partial charge in [-0.25, -0.2) is 14.4 Å². The molecule has 192 valence electrons. The number of rotatable bonds is 8. The van der Waals surface area contributed by atoms with E-state index in [0.29, 0.717) is 29.5 Å². The maximum atomic E-state index is 13.1. The first kappa shape index (κ1) is 26.1. The van der Waals surface area contributed by atoms with Crippen LogP contribution in [0.15, 0.2) is 91.0 Å². The van der Waals surface area contributed by atoms with Crippen molar-refractivity contribution in [2.75, 3.05) is 6.61 Å². The van der Waals surface area contributed by atoms with Crippen molar-refractivity contribution < 1.29 is 28.6 Å². The van der Waals surface area contributed by atoms with Crippen LogP contribution in [0.3, 0.4) is 0 Å². The SMILES string of the molecule is CC[C@@H]1[C@@H](COC(=O)c2ccccc2)C[C@@H](C)[C@H](OC(=O)c2ccccc2)[C@H]1OC(=O)c1ccccc1. The molecule has 0 radical (unpaired) electrons. The number of esters is 3. The lowest BCUT2D eigenvalue weighted by atomic mass is 9.70. The van der Waals surface area contributed by atoms with Gasteiger partial charge in [-0.05, 0) is 61.1 Å². The van der Waals surface area contributed by atoms with Gasteiger partial charge in [0.2, 0.25) is 0 Å². The molecule has 0 aromatic heterocycles. The van der Waals surface area contributed by atoms with E-state index in [0.717, 1.165) is 0 Å². The second kappa shape index (κ2) is 12.3. The van der Waals surface area contributed by atoms with Crippen molar-refractivity contribution in [3.05, 3.63) is 108 Å². The molecule has 3 aromatic rings. The highest BCUT2D eigenvalue weighted by molar-refractivity contribution is 5.90. The Bertz CT molecular complexity index is 1180. The summed E-state index contributed by atoms with van der Waals surface area (Å²) < 4.78 is 17.7. The van der Waals surface area contributed by atoms with Crippen molar-refractivity contribution >= 4 is 17.9 Å². The van der Waals surface area contributed by atoms with Crippen molar-refractivity contribution in [3.63, 3.8) is 0 Å². The van der Waals surface area contributed by atoms with Crippen LogP contribution in [0, 0.1) is 17.8 Å². The molecule has 4 rings (SSSR count). The summed E-state index contributed by atoms with van der Waals surface area (Å²) in [5.41, 5.74) is 1.35. The molecule has 0 aliphatic heterocycles. The Labute approximate surface area is 217 Å². The first-order chi connectivity index (χ1) is 18.0. The minimum Gasteiger partial charge on any atom is -0.462 e. The van der Waals surface area contributed by atoms with Crippen LogP contribution in [0.1, 0.15) is 57.8 Å². The topological polar surface area (TPSA) is 78.9 Å². The maximum absolute atomic E-state index is 13.1. The molecular weight excluding hydrogens is 468 g/mol. The molecule has 1 aliphatic rings. The summed E-state index contributed by atoms with van der Waals surface area (Å²) in [4.78, 5) is 38.7. The summed E-state index contributed by atoms with van der Waals surface area (Å²) in [5, 5.41) is 0. The fourth-order valence-corrected chi connectivity index (χ4v) is 5.09. The predicted molar refractivity (Wildman–Crippen MR) is 139 cm³/mol. The Balaban J connectivity index is 1.55. The van der Waals surface area contributed by atoms with Crippen LogP contribution < -0.4 is 0 Å². The number of carbonyl (C=O) groups is 3. The van der Waals surface area contributed by atoms with Gasteiger partial charge in [0.15, 0.2) is 0 Å². The van der Waals surface area contributed by atoms with Crippen molar-refractivity contribution in [3.8, 4) is 0 Å². The Morgan fingerprint density at radius 1 is 0.676 bits per heavy atom. The maximum Gasteiger partial charge on any atom is 0.338 e. The molecule has 0 amide bonds. The smallest absolute Gasteiger partial charge is 0.338 e. The lowest BCUT2D eigenvalue weighted by Crippen LogP contribution is -2.52. The highest BCUT2D eigenvalue weighted by Crippen LogP contribution is 2.40. The van der Waals surface area contributed by atoms with Crippen LogP contribution in [-0.2, 0) is 14.2 Å². The van der Waals surface area contributed by atoms with Gasteiger partial charge < -0.3 is 14.2 Å². The molecular formula is C31H32O6. The third kappa shape index (κ3) is 6.45. The van der Waals surface area contributed by atoms with Gasteiger partial charge in [-0.3, -0.25) is 0 Å². The van der Waals surface area contributed by atoms with Gasteiger partial charge in [-0.15, -0.1) is 0 Å². The van der Waals surface area contributed by atoms with Crippen LogP contribution in [0.25, 0.3) is 0 Å². The Kier molecular flexibility index (Phi) is 8.72. The average molecular weight is 501 g/mol. The quantitative estimate of drug-likeness (QED) is 0.280. The summed E-state index contributed by atoms with van der Waals surface area (Å²) in [5.74, 6) is -1.67. The van der Waals surface area contributed by atoms with Crippen LogP contribution in [0.4, 0.5) is 0 Å². The molecule has 0 spiro atoms. The van der Waals surface area contributed by atoms with Crippen molar-refractivity contribution in [2.45, 2.75) is 38.9 Å². The minimum absolute atomic E-state index is 0.0621. The lowest BCUT2D eigenvalue weighted by molar-refractivity contribution is -0.118. The second-order valence-electron chi connectivity index (χ2n) is 9.48. The summed E-state index contributed by atoms with van der Waals surface area (Å²) in [6, 6.07) is 26.4. The molecule has 6 nitrogen and oxygen atoms in total. The fourth-order valence-electron chi connectivity index (χ4n) is 5.09. The molecule has 1 fully saturated rings. The zero-order valence-corrected chi connectivity index (χ0v) is 21.1. The van der Waals surface area contributed by atoms with Crippen molar-refractivity contribution in [1.29, 1.82) is 0 Å². The summed E-state index contributed by atoms with van der Waals surface area (Å²) in [6.45, 7) is 4.17. The van der Waals surface area contributed by atoms with Gasteiger partial charge in [0.1, 0.15) is 12.2 Å². The van der Waals surface area contributed by atoms with E-state index >= 15 is 0 Å². The molecule has 6 heteroatoms. The van der Waals surface area contributed by atoms with Gasteiger partial charge in [0.05, 0.1) is 23.3 Å². The van der Waals surface area contributed by atoms with Crippen LogP contribution in [0.2, 0.25) is 0 Å². The number of hydrogen-bond acceptors (Lipinski definition) is 6. The van der Waals surface area contributed by atoms with Crippen LogP contribution >= 0.6 is 0 Å². The zero-order chi connectivity index (χ0) is 26.2. The number of hydrogen-bond donors (Lipinski definition) is 0. The fraction of sp³-hybridized carbons (Fsp3) is 0.323. The number of benzene rings is 3. The van der Waals surface area contributed by atoms with E-state index in [1.54, 1.807) is 72.8 Å². The lowest BCUT2D eigenvalue weighted by Gasteiger charge is -2.44. The summed E-state index contributed by atoms with van der Waals surface area (Å²) >= 11 is 0. The van der Waals surface area contributed by atoms with Crippen molar-refractivity contribution in [1.82, 2.24) is 0 Å². The molecule has 1 saturated carbocycles. The third-order valence-electron chi connectivity index (χ3n) is 7.00. The predicted octanol–water partition coefficient (Wildman–Crippen LogP) is 5.98. The van der Waals surface area contributed by atoms with Gasteiger partial charge >= 0.3 is 17.9 Å². The second-order valence-corrected chi connectivity index (χ2v) is 9.48. The van der Waals surface area contributed by atoms with E-state index in [4.69, 9.17) is 14.2 Å². The largest absolute Gasteiger partial charge is 0.462 e. The highest BCUT2D eigenvalue weighted by atomic mass is 16.6. The van der Waals surface area contributed by atoms with Crippen molar-refractivity contribution in [2.24, 2.45) is 17.8 Å². The molecule has 0 saturated heterocycles. The summed E-state index contributed by atoms with van der Waals surface area (Å²) in [7, 11) is 0. The molecule has 37 heavy (non-hydrogen) atoms. The molecule has 1 aliphatic carbocycles. The van der Waals surface area contributed by atoms with Gasteiger partial charge in [0.25, 0.3) is 0 Å². The van der Waals surface area contributed by atoms with E-state index in [1.807, 2.05) is 32.0 Å². The highest BCUT2D eigenvalue weighted by Gasteiger charge is 2.47. The molecule has 3 aromatic carbocycles. The normalized spacial score (nSPS) is 23.0. The van der Waals surface area contributed by atoms with Gasteiger partial charge in [-0.1, -0.05) is 68.4 Å². The van der Waals surface area contributed by atoms with E-state index in [9.17, 15) is 14.4 Å². The molecule has 0 heterocycles. The zero-order valence-electron chi connectivity index (χ0n) is 21.1. The molecule has 5 atom stereocenters. The van der Waals surface area contributed by atoms with Crippen LogP contribution in [0.5, 0.6) is 0 Å². The van der Waals surface area contributed by atoms with Gasteiger partial charge in [0, 0.05) is 5.92 Å². The number of ether oxygens (including phenoxy) is 3. The Morgan fingerprint density at radius 3 is 1.57 bits per heavy atom. The Morgan fingerprint density at radius 2 is 1.11 bits per heavy atom. The molecule has 0 bridgehead atoms. The first-order valence-corrected chi connectivity index (χ1v) is 12.7. The van der Waals surface area contributed by atoms with Gasteiger partial charge in [-0.2, -0.15) is 0 Å². The average Bonchev–Trinajstić information content (AvgIpc) is 2.94. The molecule has 0 N–H and O–H groups in total. The first-order valence-electron chi connectivity index (χ1n) is 12.7. The van der Waals surface area contributed by atoms with Crippen LogP contribution in [-0.4, -0.2) is 36.7 Å². The monoisotopic (exact) mass is 500 g/mol. The van der Waals surface area contributed by atoms with E-state index in [-0.39, 0.29) is 24.4 Å². The third-order valence-corrected chi connectivity index (χ3v) is 7.00. The van der Waals surface area contributed by atoms with E-state index in [1.165, 1.54) is 0 Å². The minimum atomic E-state index is -0.686. The van der Waals surface area contributed by atoms with E-state index < -0.39 is 30.1 Å². The molecule has 0 unspecified atom stereocenters. The Hall–Kier alpha value is -3.93. The number of carbonyl (C=O) groups excluding carboxylic acids is 3. The summed E-state index contributed by atoms with van der Waals surface area (Å²) in [6.07, 6.45) is -0.0000254. The standard InChI is InChI=1S/C31H32O6/c1-3-26-25(20-35-29(32)22-13-7-4-8-14-22)19-21(2)27(36-30(33)23-15-9-5-10-16-23)28(26)37-31(34)24-17-11-6-12-18-24/h4-18,21,25-28H,3,19-20H2,1-2H3/t21-,25-,26-,27+,28+/m1/s1.